The Bertz CT molecular complexity index is 597. The highest BCUT2D eigenvalue weighted by Crippen LogP contribution is 2.11. The van der Waals surface area contributed by atoms with Gasteiger partial charge in [-0.2, -0.15) is 0 Å². The molecule has 0 amide bonds. The number of hydrogen-bond acceptors (Lipinski definition) is 4. The van der Waals surface area contributed by atoms with E-state index in [1.165, 1.54) is 11.8 Å². The van der Waals surface area contributed by atoms with Crippen molar-refractivity contribution in [3.05, 3.63) is 59.4 Å². The molecular formula is C17H20N2O2. The molecule has 0 saturated carbocycles. The van der Waals surface area contributed by atoms with Gasteiger partial charge in [0.25, 0.3) is 0 Å². The molecular weight excluding hydrogens is 264 g/mol. The molecule has 0 atom stereocenters. The molecule has 4 heteroatoms. The summed E-state index contributed by atoms with van der Waals surface area (Å²) in [5.74, 6) is -0.355. The van der Waals surface area contributed by atoms with Gasteiger partial charge in [-0.25, -0.2) is 4.79 Å². The number of ether oxygens (including phenoxy) is 1. The quantitative estimate of drug-likeness (QED) is 0.653. The number of nitrogens with two attached hydrogens (primary N) is 1. The molecule has 0 bridgehead atoms. The summed E-state index contributed by atoms with van der Waals surface area (Å²) < 4.78 is 5.27. The van der Waals surface area contributed by atoms with Crippen molar-refractivity contribution in [3.63, 3.8) is 0 Å². The molecule has 4 nitrogen and oxygen atoms in total. The molecule has 2 rings (SSSR count). The summed E-state index contributed by atoms with van der Waals surface area (Å²) in [7, 11) is 0. The maximum absolute atomic E-state index is 11.9. The molecule has 21 heavy (non-hydrogen) atoms. The summed E-state index contributed by atoms with van der Waals surface area (Å²) in [5, 5.41) is 0. The van der Waals surface area contributed by atoms with Crippen LogP contribution in [0.4, 0.5) is 5.69 Å². The van der Waals surface area contributed by atoms with E-state index >= 15 is 0 Å². The van der Waals surface area contributed by atoms with Gasteiger partial charge in [0.15, 0.2) is 0 Å². The SMILES string of the molecule is Cc1ncc(N)cc1C(=O)OCCCCc1ccccc1. The van der Waals surface area contributed by atoms with Gasteiger partial charge in [0.1, 0.15) is 0 Å². The van der Waals surface area contributed by atoms with Crippen LogP contribution in [0.1, 0.15) is 34.5 Å². The van der Waals surface area contributed by atoms with E-state index in [0.29, 0.717) is 23.6 Å². The smallest absolute Gasteiger partial charge is 0.340 e. The zero-order valence-electron chi connectivity index (χ0n) is 12.2. The van der Waals surface area contributed by atoms with Crippen molar-refractivity contribution in [1.82, 2.24) is 4.98 Å². The highest BCUT2D eigenvalue weighted by Gasteiger charge is 2.11. The van der Waals surface area contributed by atoms with E-state index in [1.54, 1.807) is 13.0 Å². The molecule has 0 fully saturated rings. The van der Waals surface area contributed by atoms with E-state index in [2.05, 4.69) is 17.1 Å². The van der Waals surface area contributed by atoms with Gasteiger partial charge in [-0.1, -0.05) is 30.3 Å². The number of carbonyl (C=O) groups is 1. The van der Waals surface area contributed by atoms with E-state index < -0.39 is 0 Å². The number of benzene rings is 1. The zero-order chi connectivity index (χ0) is 15.1. The van der Waals surface area contributed by atoms with Crippen molar-refractivity contribution in [2.45, 2.75) is 26.2 Å². The molecule has 110 valence electrons. The monoisotopic (exact) mass is 284 g/mol. The Morgan fingerprint density at radius 2 is 2.00 bits per heavy atom. The number of unbranched alkanes of at least 4 members (excludes halogenated alkanes) is 1. The van der Waals surface area contributed by atoms with Crippen LogP contribution in [0.15, 0.2) is 42.6 Å². The van der Waals surface area contributed by atoms with Crippen LogP contribution in [-0.4, -0.2) is 17.6 Å². The minimum atomic E-state index is -0.355. The lowest BCUT2D eigenvalue weighted by atomic mass is 10.1. The van der Waals surface area contributed by atoms with Crippen molar-refractivity contribution < 1.29 is 9.53 Å². The lowest BCUT2D eigenvalue weighted by Crippen LogP contribution is -2.10. The van der Waals surface area contributed by atoms with Crippen LogP contribution >= 0.6 is 0 Å². The van der Waals surface area contributed by atoms with Gasteiger partial charge in [-0.15, -0.1) is 0 Å². The Morgan fingerprint density at radius 1 is 1.24 bits per heavy atom. The normalized spacial score (nSPS) is 10.3. The average Bonchev–Trinajstić information content (AvgIpc) is 2.50. The van der Waals surface area contributed by atoms with Crippen LogP contribution in [0, 0.1) is 6.92 Å². The van der Waals surface area contributed by atoms with Gasteiger partial charge in [-0.05, 0) is 37.8 Å². The van der Waals surface area contributed by atoms with E-state index in [1.807, 2.05) is 18.2 Å². The standard InChI is InChI=1S/C17H20N2O2/c1-13-16(11-15(18)12-19-13)17(20)21-10-6-5-9-14-7-3-2-4-8-14/h2-4,7-8,11-12H,5-6,9-10,18H2,1H3. The van der Waals surface area contributed by atoms with Gasteiger partial charge in [0.2, 0.25) is 0 Å². The highest BCUT2D eigenvalue weighted by molar-refractivity contribution is 5.91. The maximum atomic E-state index is 11.9. The van der Waals surface area contributed by atoms with Gasteiger partial charge < -0.3 is 10.5 Å². The number of aromatic nitrogens is 1. The van der Waals surface area contributed by atoms with Gasteiger partial charge >= 0.3 is 5.97 Å². The Hall–Kier alpha value is -2.36. The molecule has 2 N–H and O–H groups in total. The second kappa shape index (κ2) is 7.43. The molecule has 2 aromatic rings. The summed E-state index contributed by atoms with van der Waals surface area (Å²) in [6.07, 6.45) is 4.37. The van der Waals surface area contributed by atoms with Crippen LogP contribution < -0.4 is 5.73 Å². The highest BCUT2D eigenvalue weighted by atomic mass is 16.5. The molecule has 0 aliphatic rings. The first kappa shape index (κ1) is 15.0. The Kier molecular flexibility index (Phi) is 5.32. The van der Waals surface area contributed by atoms with Crippen molar-refractivity contribution in [1.29, 1.82) is 0 Å². The van der Waals surface area contributed by atoms with E-state index in [0.717, 1.165) is 19.3 Å². The van der Waals surface area contributed by atoms with Crippen molar-refractivity contribution in [2.24, 2.45) is 0 Å². The number of hydrogen-bond donors (Lipinski definition) is 1. The molecule has 0 unspecified atom stereocenters. The molecule has 1 heterocycles. The van der Waals surface area contributed by atoms with Gasteiger partial charge in [-0.3, -0.25) is 4.98 Å². The third-order valence-corrected chi connectivity index (χ3v) is 3.26. The minimum Gasteiger partial charge on any atom is -0.462 e. The second-order valence-electron chi connectivity index (χ2n) is 4.98. The number of esters is 1. The first-order chi connectivity index (χ1) is 10.2. The lowest BCUT2D eigenvalue weighted by Gasteiger charge is -2.07. The summed E-state index contributed by atoms with van der Waals surface area (Å²) >= 11 is 0. The summed E-state index contributed by atoms with van der Waals surface area (Å²) in [6, 6.07) is 11.9. The summed E-state index contributed by atoms with van der Waals surface area (Å²) in [6.45, 7) is 2.19. The number of aryl methyl sites for hydroxylation is 2. The third kappa shape index (κ3) is 4.60. The maximum Gasteiger partial charge on any atom is 0.340 e. The fourth-order valence-electron chi connectivity index (χ4n) is 2.07. The Morgan fingerprint density at radius 3 is 2.76 bits per heavy atom. The fraction of sp³-hybridized carbons (Fsp3) is 0.294. The topological polar surface area (TPSA) is 65.2 Å². The molecule has 0 spiro atoms. The molecule has 0 radical (unpaired) electrons. The first-order valence-electron chi connectivity index (χ1n) is 7.10. The van der Waals surface area contributed by atoms with Crippen LogP contribution in [-0.2, 0) is 11.2 Å². The fourth-order valence-corrected chi connectivity index (χ4v) is 2.07. The van der Waals surface area contributed by atoms with Gasteiger partial charge in [0, 0.05) is 0 Å². The minimum absolute atomic E-state index is 0.355. The van der Waals surface area contributed by atoms with Crippen molar-refractivity contribution in [2.75, 3.05) is 12.3 Å². The second-order valence-corrected chi connectivity index (χ2v) is 4.98. The number of anilines is 1. The number of rotatable bonds is 6. The number of pyridine rings is 1. The molecule has 1 aromatic carbocycles. The Labute approximate surface area is 125 Å². The van der Waals surface area contributed by atoms with Crippen LogP contribution in [0.5, 0.6) is 0 Å². The third-order valence-electron chi connectivity index (χ3n) is 3.26. The van der Waals surface area contributed by atoms with Crippen molar-refractivity contribution >= 4 is 11.7 Å². The molecule has 0 aliphatic carbocycles. The summed E-state index contributed by atoms with van der Waals surface area (Å²) in [5.41, 5.74) is 8.49. The molecule has 0 saturated heterocycles. The van der Waals surface area contributed by atoms with E-state index in [-0.39, 0.29) is 5.97 Å². The van der Waals surface area contributed by atoms with Crippen molar-refractivity contribution in [3.8, 4) is 0 Å². The van der Waals surface area contributed by atoms with Crippen LogP contribution in [0.2, 0.25) is 0 Å². The Balaban J connectivity index is 1.73. The number of carbonyl (C=O) groups excluding carboxylic acids is 1. The lowest BCUT2D eigenvalue weighted by molar-refractivity contribution is 0.0497. The first-order valence-corrected chi connectivity index (χ1v) is 7.10. The molecule has 1 aromatic heterocycles. The predicted octanol–water partition coefficient (Wildman–Crippen LogP) is 3.15. The van der Waals surface area contributed by atoms with Gasteiger partial charge in [0.05, 0.1) is 29.7 Å². The summed E-state index contributed by atoms with van der Waals surface area (Å²) in [4.78, 5) is 16.0. The number of nitrogen functional groups attached to an aromatic ring is 1. The van der Waals surface area contributed by atoms with Crippen LogP contribution in [0.3, 0.4) is 0 Å². The largest absolute Gasteiger partial charge is 0.462 e. The predicted molar refractivity (Wildman–Crippen MR) is 83.0 cm³/mol. The number of nitrogens with zero attached hydrogens (tertiary/aromatic N) is 1. The van der Waals surface area contributed by atoms with E-state index in [9.17, 15) is 4.79 Å². The average molecular weight is 284 g/mol. The molecule has 0 aliphatic heterocycles. The van der Waals surface area contributed by atoms with Crippen LogP contribution in [0.25, 0.3) is 0 Å². The van der Waals surface area contributed by atoms with E-state index in [4.69, 9.17) is 10.5 Å². The zero-order valence-corrected chi connectivity index (χ0v) is 12.2.